The number of rotatable bonds is 3. The third-order valence-electron chi connectivity index (χ3n) is 1.52. The fourth-order valence-electron chi connectivity index (χ4n) is 0.855. The van der Waals surface area contributed by atoms with Crippen molar-refractivity contribution in [3.63, 3.8) is 0 Å². The van der Waals surface area contributed by atoms with Crippen molar-refractivity contribution in [3.8, 4) is 0 Å². The Labute approximate surface area is 80.4 Å². The summed E-state index contributed by atoms with van der Waals surface area (Å²) in [5.41, 5.74) is 0.827. The molecule has 0 saturated heterocycles. The van der Waals surface area contributed by atoms with E-state index in [9.17, 15) is 4.79 Å². The zero-order valence-corrected chi connectivity index (χ0v) is 8.26. The third kappa shape index (κ3) is 2.42. The lowest BCUT2D eigenvalue weighted by Crippen LogP contribution is -2.04. The third-order valence-corrected chi connectivity index (χ3v) is 2.07. The average Bonchev–Trinajstić information content (AvgIpc) is 2.16. The molecule has 1 N–H and O–H groups in total. The molecule has 5 heteroatoms. The van der Waals surface area contributed by atoms with Gasteiger partial charge >= 0.3 is 5.97 Å². The summed E-state index contributed by atoms with van der Waals surface area (Å²) in [6, 6.07) is 1.50. The van der Waals surface area contributed by atoms with Gasteiger partial charge in [0.1, 0.15) is 0 Å². The van der Waals surface area contributed by atoms with E-state index in [4.69, 9.17) is 5.11 Å². The minimum absolute atomic E-state index is 0.0659. The van der Waals surface area contributed by atoms with Crippen molar-refractivity contribution in [1.29, 1.82) is 0 Å². The molecule has 70 valence electrons. The topological polar surface area (TPSA) is 63.1 Å². The minimum atomic E-state index is -1.01. The van der Waals surface area contributed by atoms with Gasteiger partial charge in [-0.25, -0.2) is 14.8 Å². The Morgan fingerprint density at radius 1 is 1.62 bits per heavy atom. The summed E-state index contributed by atoms with van der Waals surface area (Å²) in [6.45, 7) is 1.93. The quantitative estimate of drug-likeness (QED) is 0.588. The lowest BCUT2D eigenvalue weighted by atomic mass is 10.3. The molecule has 0 spiro atoms. The molecular weight excluding hydrogens is 188 g/mol. The molecule has 0 radical (unpaired) electrons. The first kappa shape index (κ1) is 9.98. The van der Waals surface area contributed by atoms with Crippen LogP contribution in [0.2, 0.25) is 0 Å². The van der Waals surface area contributed by atoms with Crippen LogP contribution in [0.15, 0.2) is 11.2 Å². The summed E-state index contributed by atoms with van der Waals surface area (Å²) in [5, 5.41) is 9.24. The molecular formula is C8H10N2O2S. The maximum atomic E-state index is 10.6. The highest BCUT2D eigenvalue weighted by Gasteiger charge is 2.08. The molecule has 0 unspecified atom stereocenters. The van der Waals surface area contributed by atoms with Crippen molar-refractivity contribution in [3.05, 3.63) is 17.5 Å². The number of hydrogen-bond donors (Lipinski definition) is 1. The van der Waals surface area contributed by atoms with E-state index in [1.807, 2.05) is 13.2 Å². The predicted molar refractivity (Wildman–Crippen MR) is 50.2 cm³/mol. The van der Waals surface area contributed by atoms with Crippen LogP contribution >= 0.6 is 11.8 Å². The lowest BCUT2D eigenvalue weighted by molar-refractivity contribution is 0.0689. The van der Waals surface area contributed by atoms with Crippen molar-refractivity contribution in [2.24, 2.45) is 0 Å². The zero-order valence-electron chi connectivity index (χ0n) is 7.44. The summed E-state index contributed by atoms with van der Waals surface area (Å²) in [7, 11) is 0. The molecule has 1 aromatic heterocycles. The number of carboxylic acids is 1. The first-order valence-corrected chi connectivity index (χ1v) is 5.05. The van der Waals surface area contributed by atoms with E-state index in [0.717, 1.165) is 12.1 Å². The van der Waals surface area contributed by atoms with E-state index in [-0.39, 0.29) is 5.69 Å². The van der Waals surface area contributed by atoms with E-state index in [1.165, 1.54) is 17.8 Å². The molecule has 4 nitrogen and oxygen atoms in total. The van der Waals surface area contributed by atoms with Gasteiger partial charge in [0.15, 0.2) is 10.9 Å². The fourth-order valence-corrected chi connectivity index (χ4v) is 1.25. The van der Waals surface area contributed by atoms with Crippen LogP contribution in [0.5, 0.6) is 0 Å². The predicted octanol–water partition coefficient (Wildman–Crippen LogP) is 1.46. The van der Waals surface area contributed by atoms with Crippen LogP contribution < -0.4 is 0 Å². The van der Waals surface area contributed by atoms with Gasteiger partial charge < -0.3 is 5.11 Å². The number of thioether (sulfide) groups is 1. The number of aromatic nitrogens is 2. The number of nitrogens with zero attached hydrogens (tertiary/aromatic N) is 2. The normalized spacial score (nSPS) is 10.0. The van der Waals surface area contributed by atoms with E-state index in [2.05, 4.69) is 9.97 Å². The summed E-state index contributed by atoms with van der Waals surface area (Å²) >= 11 is 1.34. The Balaban J connectivity index is 3.14. The first-order chi connectivity index (χ1) is 6.17. The molecule has 0 amide bonds. The van der Waals surface area contributed by atoms with Crippen molar-refractivity contribution in [1.82, 2.24) is 9.97 Å². The van der Waals surface area contributed by atoms with Gasteiger partial charge in [-0.15, -0.1) is 0 Å². The van der Waals surface area contributed by atoms with E-state index >= 15 is 0 Å². The fraction of sp³-hybridized carbons (Fsp3) is 0.375. The maximum Gasteiger partial charge on any atom is 0.354 e. The van der Waals surface area contributed by atoms with E-state index in [1.54, 1.807) is 0 Å². The SMILES string of the molecule is CCc1cc(C(=O)O)nc(SC)n1. The maximum absolute atomic E-state index is 10.6. The van der Waals surface area contributed by atoms with Gasteiger partial charge in [0.05, 0.1) is 0 Å². The van der Waals surface area contributed by atoms with Crippen LogP contribution in [0.25, 0.3) is 0 Å². The highest BCUT2D eigenvalue weighted by atomic mass is 32.2. The second kappa shape index (κ2) is 4.23. The molecule has 0 aliphatic carbocycles. The van der Waals surface area contributed by atoms with E-state index in [0.29, 0.717) is 5.16 Å². The van der Waals surface area contributed by atoms with Crippen molar-refractivity contribution < 1.29 is 9.90 Å². The van der Waals surface area contributed by atoms with Gasteiger partial charge in [0.25, 0.3) is 0 Å². The first-order valence-electron chi connectivity index (χ1n) is 3.82. The minimum Gasteiger partial charge on any atom is -0.477 e. The van der Waals surface area contributed by atoms with Crippen molar-refractivity contribution in [2.45, 2.75) is 18.5 Å². The standard InChI is InChI=1S/C8H10N2O2S/c1-3-5-4-6(7(11)12)10-8(9-5)13-2/h4H,3H2,1-2H3,(H,11,12). The Hall–Kier alpha value is -1.10. The van der Waals surface area contributed by atoms with Crippen LogP contribution in [0.4, 0.5) is 0 Å². The lowest BCUT2D eigenvalue weighted by Gasteiger charge is -2.01. The van der Waals surface area contributed by atoms with Crippen LogP contribution in [0, 0.1) is 0 Å². The highest BCUT2D eigenvalue weighted by Crippen LogP contribution is 2.11. The second-order valence-corrected chi connectivity index (χ2v) is 3.16. The van der Waals surface area contributed by atoms with Gasteiger partial charge in [-0.1, -0.05) is 18.7 Å². The van der Waals surface area contributed by atoms with Gasteiger partial charge in [-0.3, -0.25) is 0 Å². The smallest absolute Gasteiger partial charge is 0.354 e. The molecule has 0 aromatic carbocycles. The van der Waals surface area contributed by atoms with Crippen LogP contribution in [0.1, 0.15) is 23.1 Å². The number of carbonyl (C=O) groups is 1. The average molecular weight is 198 g/mol. The molecule has 0 bridgehead atoms. The van der Waals surface area contributed by atoms with Crippen LogP contribution in [-0.2, 0) is 6.42 Å². The Morgan fingerprint density at radius 3 is 2.77 bits per heavy atom. The summed E-state index contributed by atoms with van der Waals surface area (Å²) < 4.78 is 0. The van der Waals surface area contributed by atoms with Gasteiger partial charge in [-0.2, -0.15) is 0 Å². The van der Waals surface area contributed by atoms with Crippen molar-refractivity contribution in [2.75, 3.05) is 6.26 Å². The zero-order chi connectivity index (χ0) is 9.84. The second-order valence-electron chi connectivity index (χ2n) is 2.39. The number of aromatic carboxylic acids is 1. The molecule has 0 saturated carbocycles. The van der Waals surface area contributed by atoms with Crippen LogP contribution in [-0.4, -0.2) is 27.3 Å². The molecule has 0 atom stereocenters. The summed E-state index contributed by atoms with van der Waals surface area (Å²) in [4.78, 5) is 18.6. The molecule has 1 rings (SSSR count). The molecule has 1 aromatic rings. The number of hydrogen-bond acceptors (Lipinski definition) is 4. The molecule has 0 fully saturated rings. The van der Waals surface area contributed by atoms with Gasteiger partial charge in [0.2, 0.25) is 0 Å². The molecule has 0 aliphatic rings. The van der Waals surface area contributed by atoms with Gasteiger partial charge in [-0.05, 0) is 18.7 Å². The Morgan fingerprint density at radius 2 is 2.31 bits per heavy atom. The molecule has 0 aliphatic heterocycles. The van der Waals surface area contributed by atoms with Crippen molar-refractivity contribution >= 4 is 17.7 Å². The molecule has 1 heterocycles. The summed E-state index contributed by atoms with van der Waals surface area (Å²) in [6.07, 6.45) is 2.54. The highest BCUT2D eigenvalue weighted by molar-refractivity contribution is 7.98. The number of aryl methyl sites for hydroxylation is 1. The summed E-state index contributed by atoms with van der Waals surface area (Å²) in [5.74, 6) is -1.01. The number of carboxylic acid groups (broad SMARTS) is 1. The van der Waals surface area contributed by atoms with Gasteiger partial charge in [0, 0.05) is 5.69 Å². The largest absolute Gasteiger partial charge is 0.477 e. The van der Waals surface area contributed by atoms with E-state index < -0.39 is 5.97 Å². The Bertz CT molecular complexity index is 306. The Kier molecular flexibility index (Phi) is 3.25. The molecule has 13 heavy (non-hydrogen) atoms. The van der Waals surface area contributed by atoms with Crippen LogP contribution in [0.3, 0.4) is 0 Å². The monoisotopic (exact) mass is 198 g/mol.